The molecule has 3 aliphatic rings. The Morgan fingerprint density at radius 3 is 2.57 bits per heavy atom. The summed E-state index contributed by atoms with van der Waals surface area (Å²) in [6.07, 6.45) is 8.93. The van der Waals surface area contributed by atoms with Crippen molar-refractivity contribution in [1.82, 2.24) is 15.5 Å². The lowest BCUT2D eigenvalue weighted by molar-refractivity contribution is -0.124. The topological polar surface area (TPSA) is 44.4 Å². The molecule has 1 amide bonds. The summed E-state index contributed by atoms with van der Waals surface area (Å²) in [5, 5.41) is 6.97. The van der Waals surface area contributed by atoms with Gasteiger partial charge in [-0.05, 0) is 69.5 Å². The summed E-state index contributed by atoms with van der Waals surface area (Å²) < 4.78 is 0. The van der Waals surface area contributed by atoms with E-state index in [9.17, 15) is 4.79 Å². The minimum absolute atomic E-state index is 0.244. The number of piperidine rings is 1. The number of carbonyl (C=O) groups excluding carboxylic acids is 1. The van der Waals surface area contributed by atoms with Gasteiger partial charge >= 0.3 is 0 Å². The van der Waals surface area contributed by atoms with Gasteiger partial charge in [0, 0.05) is 12.1 Å². The molecule has 3 fully saturated rings. The van der Waals surface area contributed by atoms with Crippen molar-refractivity contribution in [3.8, 4) is 0 Å². The van der Waals surface area contributed by atoms with Crippen LogP contribution in [0.4, 0.5) is 0 Å². The van der Waals surface area contributed by atoms with Crippen LogP contribution in [-0.2, 0) is 4.79 Å². The molecule has 132 valence electrons. The van der Waals surface area contributed by atoms with E-state index >= 15 is 0 Å². The van der Waals surface area contributed by atoms with E-state index in [1.807, 2.05) is 0 Å². The van der Waals surface area contributed by atoms with Crippen LogP contribution in [-0.4, -0.2) is 49.1 Å². The van der Waals surface area contributed by atoms with Crippen molar-refractivity contribution in [3.05, 3.63) is 0 Å². The molecule has 4 unspecified atom stereocenters. The molecule has 2 saturated heterocycles. The standard InChI is InChI=1S/C19H35N3O/c1-14-5-3-6-17(15(14)2)21-19(23)13-22-11-8-16(9-12-22)18-7-4-10-20-18/h14-18,20H,3-13H2,1-2H3,(H,21,23). The van der Waals surface area contributed by atoms with Crippen molar-refractivity contribution in [3.63, 3.8) is 0 Å². The summed E-state index contributed by atoms with van der Waals surface area (Å²) in [4.78, 5) is 14.8. The highest BCUT2D eigenvalue weighted by Gasteiger charge is 2.31. The summed E-state index contributed by atoms with van der Waals surface area (Å²) in [6.45, 7) is 8.60. The van der Waals surface area contributed by atoms with Gasteiger partial charge in [-0.3, -0.25) is 9.69 Å². The quantitative estimate of drug-likeness (QED) is 0.836. The van der Waals surface area contributed by atoms with Crippen molar-refractivity contribution in [1.29, 1.82) is 0 Å². The van der Waals surface area contributed by atoms with E-state index in [1.165, 1.54) is 45.1 Å². The number of amides is 1. The van der Waals surface area contributed by atoms with Crippen LogP contribution in [0, 0.1) is 17.8 Å². The first kappa shape index (κ1) is 17.2. The zero-order valence-electron chi connectivity index (χ0n) is 15.0. The maximum absolute atomic E-state index is 12.4. The van der Waals surface area contributed by atoms with Crippen molar-refractivity contribution in [2.75, 3.05) is 26.2 Å². The van der Waals surface area contributed by atoms with Crippen LogP contribution >= 0.6 is 0 Å². The number of likely N-dealkylation sites (tertiary alicyclic amines) is 1. The van der Waals surface area contributed by atoms with Crippen LogP contribution < -0.4 is 10.6 Å². The highest BCUT2D eigenvalue weighted by atomic mass is 16.2. The first-order valence-corrected chi connectivity index (χ1v) is 9.88. The Hall–Kier alpha value is -0.610. The van der Waals surface area contributed by atoms with Crippen LogP contribution in [0.3, 0.4) is 0 Å². The van der Waals surface area contributed by atoms with Crippen LogP contribution in [0.5, 0.6) is 0 Å². The lowest BCUT2D eigenvalue weighted by Crippen LogP contribution is -2.49. The smallest absolute Gasteiger partial charge is 0.234 e. The van der Waals surface area contributed by atoms with E-state index in [4.69, 9.17) is 0 Å². The van der Waals surface area contributed by atoms with Gasteiger partial charge in [0.15, 0.2) is 0 Å². The summed E-state index contributed by atoms with van der Waals surface area (Å²) in [5.74, 6) is 2.43. The van der Waals surface area contributed by atoms with Crippen molar-refractivity contribution >= 4 is 5.91 Å². The predicted octanol–water partition coefficient (Wildman–Crippen LogP) is 2.39. The lowest BCUT2D eigenvalue weighted by Gasteiger charge is -2.37. The number of hydrogen-bond acceptors (Lipinski definition) is 3. The molecular formula is C19H35N3O. The molecule has 0 spiro atoms. The van der Waals surface area contributed by atoms with E-state index in [0.717, 1.165) is 37.4 Å². The maximum atomic E-state index is 12.4. The van der Waals surface area contributed by atoms with Crippen LogP contribution in [0.1, 0.15) is 58.8 Å². The fraction of sp³-hybridized carbons (Fsp3) is 0.947. The second-order valence-corrected chi connectivity index (χ2v) is 8.26. The highest BCUT2D eigenvalue weighted by Crippen LogP contribution is 2.29. The molecule has 1 aliphatic carbocycles. The molecule has 2 heterocycles. The monoisotopic (exact) mass is 321 g/mol. The van der Waals surface area contributed by atoms with Gasteiger partial charge in [0.25, 0.3) is 0 Å². The largest absolute Gasteiger partial charge is 0.352 e. The van der Waals surface area contributed by atoms with Gasteiger partial charge in [-0.25, -0.2) is 0 Å². The Morgan fingerprint density at radius 1 is 1.09 bits per heavy atom. The van der Waals surface area contributed by atoms with Gasteiger partial charge in [0.05, 0.1) is 6.54 Å². The second kappa shape index (κ2) is 7.98. The molecule has 0 bridgehead atoms. The molecule has 2 N–H and O–H groups in total. The molecule has 1 saturated carbocycles. The maximum Gasteiger partial charge on any atom is 0.234 e. The van der Waals surface area contributed by atoms with E-state index in [-0.39, 0.29) is 5.91 Å². The first-order chi connectivity index (χ1) is 11.1. The Labute approximate surface area is 141 Å². The van der Waals surface area contributed by atoms with Crippen molar-refractivity contribution < 1.29 is 4.79 Å². The molecule has 0 aromatic heterocycles. The van der Waals surface area contributed by atoms with Gasteiger partial charge in [-0.15, -0.1) is 0 Å². The zero-order chi connectivity index (χ0) is 16.2. The third kappa shape index (κ3) is 4.48. The highest BCUT2D eigenvalue weighted by molar-refractivity contribution is 5.78. The average Bonchev–Trinajstić information content (AvgIpc) is 3.07. The Bertz CT molecular complexity index is 386. The molecule has 3 rings (SSSR count). The molecule has 23 heavy (non-hydrogen) atoms. The molecule has 0 aromatic carbocycles. The van der Waals surface area contributed by atoms with Crippen LogP contribution in [0.25, 0.3) is 0 Å². The van der Waals surface area contributed by atoms with Crippen LogP contribution in [0.15, 0.2) is 0 Å². The molecule has 4 heteroatoms. The minimum Gasteiger partial charge on any atom is -0.352 e. The fourth-order valence-electron chi connectivity index (χ4n) is 4.87. The van der Waals surface area contributed by atoms with E-state index in [0.29, 0.717) is 18.5 Å². The second-order valence-electron chi connectivity index (χ2n) is 8.26. The number of nitrogens with one attached hydrogen (secondary N) is 2. The molecular weight excluding hydrogens is 286 g/mol. The third-order valence-corrected chi connectivity index (χ3v) is 6.72. The van der Waals surface area contributed by atoms with E-state index in [2.05, 4.69) is 29.4 Å². The summed E-state index contributed by atoms with van der Waals surface area (Å²) >= 11 is 0. The van der Waals surface area contributed by atoms with Gasteiger partial charge in [-0.2, -0.15) is 0 Å². The minimum atomic E-state index is 0.244. The Kier molecular flexibility index (Phi) is 5.97. The van der Waals surface area contributed by atoms with Gasteiger partial charge in [0.1, 0.15) is 0 Å². The molecule has 0 radical (unpaired) electrons. The summed E-state index contributed by atoms with van der Waals surface area (Å²) in [6, 6.07) is 1.14. The van der Waals surface area contributed by atoms with Gasteiger partial charge in [0.2, 0.25) is 5.91 Å². The van der Waals surface area contributed by atoms with E-state index < -0.39 is 0 Å². The lowest BCUT2D eigenvalue weighted by atomic mass is 9.78. The van der Waals surface area contributed by atoms with Crippen molar-refractivity contribution in [2.24, 2.45) is 17.8 Å². The number of rotatable bonds is 4. The number of hydrogen-bond donors (Lipinski definition) is 2. The third-order valence-electron chi connectivity index (χ3n) is 6.72. The van der Waals surface area contributed by atoms with Crippen LogP contribution in [0.2, 0.25) is 0 Å². The fourth-order valence-corrected chi connectivity index (χ4v) is 4.87. The molecule has 4 atom stereocenters. The van der Waals surface area contributed by atoms with E-state index in [1.54, 1.807) is 0 Å². The summed E-state index contributed by atoms with van der Waals surface area (Å²) in [5.41, 5.74) is 0. The Morgan fingerprint density at radius 2 is 1.87 bits per heavy atom. The molecule has 4 nitrogen and oxygen atoms in total. The Balaban J connectivity index is 1.39. The first-order valence-electron chi connectivity index (χ1n) is 9.88. The normalized spacial score (nSPS) is 37.0. The zero-order valence-corrected chi connectivity index (χ0v) is 15.0. The predicted molar refractivity (Wildman–Crippen MR) is 94.3 cm³/mol. The van der Waals surface area contributed by atoms with Gasteiger partial charge in [-0.1, -0.05) is 26.7 Å². The van der Waals surface area contributed by atoms with Crippen molar-refractivity contribution in [2.45, 2.75) is 70.9 Å². The number of nitrogens with zero attached hydrogens (tertiary/aromatic N) is 1. The number of carbonyl (C=O) groups is 1. The van der Waals surface area contributed by atoms with Gasteiger partial charge < -0.3 is 10.6 Å². The molecule has 2 aliphatic heterocycles. The SMILES string of the molecule is CC1CCCC(NC(=O)CN2CCC(C3CCCN3)CC2)C1C. The molecule has 0 aromatic rings. The average molecular weight is 322 g/mol. The summed E-state index contributed by atoms with van der Waals surface area (Å²) in [7, 11) is 0.